The van der Waals surface area contributed by atoms with E-state index >= 15 is 0 Å². The Morgan fingerprint density at radius 1 is 1.00 bits per heavy atom. The number of pyridine rings is 1. The summed E-state index contributed by atoms with van der Waals surface area (Å²) in [5, 5.41) is 3.92. The third-order valence-corrected chi connectivity index (χ3v) is 5.47. The number of aromatic nitrogens is 1. The van der Waals surface area contributed by atoms with E-state index in [9.17, 15) is 4.79 Å². The highest BCUT2D eigenvalue weighted by atomic mass is 16.5. The summed E-state index contributed by atoms with van der Waals surface area (Å²) in [4.78, 5) is 20.2. The SMILES string of the molecule is CCN(CC)CCCNC(=O)c1cc(-c2ccc(OC)c(OC)c2)nc2ccccc12. The molecule has 0 fully saturated rings. The van der Waals surface area contributed by atoms with Gasteiger partial charge in [0.15, 0.2) is 11.5 Å². The molecule has 1 heterocycles. The highest BCUT2D eigenvalue weighted by Crippen LogP contribution is 2.33. The van der Waals surface area contributed by atoms with Crippen LogP contribution in [-0.2, 0) is 0 Å². The summed E-state index contributed by atoms with van der Waals surface area (Å²) in [6.45, 7) is 7.96. The number of para-hydroxylation sites is 1. The Bertz CT molecular complexity index is 1030. The Labute approximate surface area is 184 Å². The standard InChI is InChI=1S/C25H31N3O3/c1-5-28(6-2)15-9-14-26-25(29)20-17-22(27-21-11-8-7-10-19(20)21)18-12-13-23(30-3)24(16-18)31-4/h7-8,10-13,16-17H,5-6,9,14-15H2,1-4H3,(H,26,29). The number of rotatable bonds is 10. The topological polar surface area (TPSA) is 63.7 Å². The van der Waals surface area contributed by atoms with Crippen LogP contribution in [0, 0.1) is 0 Å². The number of methoxy groups -OCH3 is 2. The van der Waals surface area contributed by atoms with Crippen LogP contribution in [0.5, 0.6) is 11.5 Å². The zero-order valence-corrected chi connectivity index (χ0v) is 18.8. The van der Waals surface area contributed by atoms with Crippen LogP contribution in [0.3, 0.4) is 0 Å². The van der Waals surface area contributed by atoms with Gasteiger partial charge in [-0.2, -0.15) is 0 Å². The summed E-state index contributed by atoms with van der Waals surface area (Å²) in [5.74, 6) is 1.19. The number of fused-ring (bicyclic) bond motifs is 1. The van der Waals surface area contributed by atoms with Crippen molar-refractivity contribution in [3.05, 3.63) is 54.1 Å². The van der Waals surface area contributed by atoms with Gasteiger partial charge in [-0.05, 0) is 56.4 Å². The molecule has 0 saturated heterocycles. The first-order chi connectivity index (χ1) is 15.1. The smallest absolute Gasteiger partial charge is 0.252 e. The summed E-state index contributed by atoms with van der Waals surface area (Å²) in [6.07, 6.45) is 0.916. The number of nitrogens with one attached hydrogen (secondary N) is 1. The van der Waals surface area contributed by atoms with Gasteiger partial charge in [0.25, 0.3) is 5.91 Å². The molecule has 0 bridgehead atoms. The summed E-state index contributed by atoms with van der Waals surface area (Å²) in [5.41, 5.74) is 2.98. The van der Waals surface area contributed by atoms with Crippen LogP contribution in [-0.4, -0.2) is 56.2 Å². The van der Waals surface area contributed by atoms with Gasteiger partial charge >= 0.3 is 0 Å². The molecule has 164 valence electrons. The molecule has 0 aliphatic rings. The Morgan fingerprint density at radius 2 is 1.74 bits per heavy atom. The van der Waals surface area contributed by atoms with Crippen LogP contribution >= 0.6 is 0 Å². The molecule has 1 aromatic heterocycles. The minimum absolute atomic E-state index is 0.0835. The van der Waals surface area contributed by atoms with E-state index < -0.39 is 0 Å². The van der Waals surface area contributed by atoms with Gasteiger partial charge in [0.05, 0.1) is 31.0 Å². The van der Waals surface area contributed by atoms with Crippen molar-refractivity contribution in [1.82, 2.24) is 15.2 Å². The van der Waals surface area contributed by atoms with Crippen molar-refractivity contribution in [3.8, 4) is 22.8 Å². The molecule has 2 aromatic carbocycles. The monoisotopic (exact) mass is 421 g/mol. The van der Waals surface area contributed by atoms with Gasteiger partial charge in [0.1, 0.15) is 0 Å². The van der Waals surface area contributed by atoms with Crippen molar-refractivity contribution in [3.63, 3.8) is 0 Å². The molecule has 0 unspecified atom stereocenters. The predicted octanol–water partition coefficient (Wildman–Crippen LogP) is 4.38. The van der Waals surface area contributed by atoms with E-state index in [1.165, 1.54) is 0 Å². The van der Waals surface area contributed by atoms with Crippen LogP contribution in [0.4, 0.5) is 0 Å². The van der Waals surface area contributed by atoms with Gasteiger partial charge in [0.2, 0.25) is 0 Å². The normalized spacial score (nSPS) is 11.0. The second-order valence-electron chi connectivity index (χ2n) is 7.28. The Kier molecular flexibility index (Phi) is 7.84. The second kappa shape index (κ2) is 10.8. The zero-order valence-electron chi connectivity index (χ0n) is 18.8. The van der Waals surface area contributed by atoms with Crippen LogP contribution < -0.4 is 14.8 Å². The molecule has 6 heteroatoms. The maximum absolute atomic E-state index is 13.1. The van der Waals surface area contributed by atoms with E-state index in [0.29, 0.717) is 29.3 Å². The van der Waals surface area contributed by atoms with Gasteiger partial charge in [-0.1, -0.05) is 32.0 Å². The lowest BCUT2D eigenvalue weighted by atomic mass is 10.0. The van der Waals surface area contributed by atoms with Crippen molar-refractivity contribution in [1.29, 1.82) is 0 Å². The number of hydrogen-bond donors (Lipinski definition) is 1. The number of nitrogens with zero attached hydrogens (tertiary/aromatic N) is 2. The quantitative estimate of drug-likeness (QED) is 0.492. The van der Waals surface area contributed by atoms with Gasteiger partial charge in [-0.15, -0.1) is 0 Å². The molecule has 1 amide bonds. The Hall–Kier alpha value is -3.12. The van der Waals surface area contributed by atoms with Crippen molar-refractivity contribution < 1.29 is 14.3 Å². The van der Waals surface area contributed by atoms with Crippen LogP contribution in [0.25, 0.3) is 22.2 Å². The van der Waals surface area contributed by atoms with Crippen molar-refractivity contribution in [2.45, 2.75) is 20.3 Å². The van der Waals surface area contributed by atoms with E-state index in [2.05, 4.69) is 24.1 Å². The van der Waals surface area contributed by atoms with Crippen molar-refractivity contribution >= 4 is 16.8 Å². The summed E-state index contributed by atoms with van der Waals surface area (Å²) in [7, 11) is 3.21. The predicted molar refractivity (Wildman–Crippen MR) is 125 cm³/mol. The number of amides is 1. The summed E-state index contributed by atoms with van der Waals surface area (Å²) >= 11 is 0. The second-order valence-corrected chi connectivity index (χ2v) is 7.28. The lowest BCUT2D eigenvalue weighted by Gasteiger charge is -2.18. The van der Waals surface area contributed by atoms with Crippen LogP contribution in [0.1, 0.15) is 30.6 Å². The fraction of sp³-hybridized carbons (Fsp3) is 0.360. The minimum atomic E-state index is -0.0835. The lowest BCUT2D eigenvalue weighted by Crippen LogP contribution is -2.30. The molecule has 0 saturated carbocycles. The molecule has 31 heavy (non-hydrogen) atoms. The van der Waals surface area contributed by atoms with E-state index in [-0.39, 0.29) is 5.91 Å². The maximum atomic E-state index is 13.1. The Balaban J connectivity index is 1.88. The highest BCUT2D eigenvalue weighted by Gasteiger charge is 2.15. The zero-order chi connectivity index (χ0) is 22.2. The third kappa shape index (κ3) is 5.33. The molecule has 3 aromatic rings. The minimum Gasteiger partial charge on any atom is -0.493 e. The first-order valence-electron chi connectivity index (χ1n) is 10.7. The molecule has 0 atom stereocenters. The fourth-order valence-electron chi connectivity index (χ4n) is 3.65. The molecule has 6 nitrogen and oxygen atoms in total. The van der Waals surface area contributed by atoms with E-state index in [0.717, 1.165) is 42.5 Å². The first-order valence-corrected chi connectivity index (χ1v) is 10.7. The van der Waals surface area contributed by atoms with Gasteiger partial charge < -0.3 is 19.7 Å². The van der Waals surface area contributed by atoms with E-state index in [1.807, 2.05) is 48.5 Å². The molecule has 1 N–H and O–H groups in total. The van der Waals surface area contributed by atoms with Gasteiger partial charge in [-0.25, -0.2) is 4.98 Å². The average Bonchev–Trinajstić information content (AvgIpc) is 2.82. The third-order valence-electron chi connectivity index (χ3n) is 5.47. The van der Waals surface area contributed by atoms with E-state index in [1.54, 1.807) is 14.2 Å². The fourth-order valence-corrected chi connectivity index (χ4v) is 3.65. The van der Waals surface area contributed by atoms with Crippen molar-refractivity contribution in [2.24, 2.45) is 0 Å². The number of hydrogen-bond acceptors (Lipinski definition) is 5. The number of carbonyl (C=O) groups excluding carboxylic acids is 1. The molecule has 0 radical (unpaired) electrons. The molecular weight excluding hydrogens is 390 g/mol. The summed E-state index contributed by atoms with van der Waals surface area (Å²) < 4.78 is 10.8. The molecule has 3 rings (SSSR count). The lowest BCUT2D eigenvalue weighted by molar-refractivity contribution is 0.0953. The number of ether oxygens (including phenoxy) is 2. The van der Waals surface area contributed by atoms with Gasteiger partial charge in [0, 0.05) is 17.5 Å². The molecule has 0 aliphatic carbocycles. The number of carbonyl (C=O) groups is 1. The van der Waals surface area contributed by atoms with E-state index in [4.69, 9.17) is 14.5 Å². The average molecular weight is 422 g/mol. The van der Waals surface area contributed by atoms with Crippen LogP contribution in [0.15, 0.2) is 48.5 Å². The van der Waals surface area contributed by atoms with Gasteiger partial charge in [-0.3, -0.25) is 4.79 Å². The molecule has 0 spiro atoms. The van der Waals surface area contributed by atoms with Crippen LogP contribution in [0.2, 0.25) is 0 Å². The largest absolute Gasteiger partial charge is 0.493 e. The molecular formula is C25H31N3O3. The Morgan fingerprint density at radius 3 is 2.45 bits per heavy atom. The summed E-state index contributed by atoms with van der Waals surface area (Å²) in [6, 6.07) is 15.2. The van der Waals surface area contributed by atoms with Crippen molar-refractivity contribution in [2.75, 3.05) is 40.4 Å². The first kappa shape index (κ1) is 22.6. The molecule has 0 aliphatic heterocycles. The highest BCUT2D eigenvalue weighted by molar-refractivity contribution is 6.07. The maximum Gasteiger partial charge on any atom is 0.252 e. The number of benzene rings is 2.